The van der Waals surface area contributed by atoms with E-state index in [1.807, 2.05) is 19.1 Å². The Morgan fingerprint density at radius 2 is 2.07 bits per heavy atom. The third-order valence-corrected chi connectivity index (χ3v) is 4.36. The average Bonchev–Trinajstić information content (AvgIpc) is 3.21. The van der Waals surface area contributed by atoms with Crippen LogP contribution in [0.3, 0.4) is 0 Å². The Morgan fingerprint density at radius 3 is 2.79 bits per heavy atom. The highest BCUT2D eigenvalue weighted by Crippen LogP contribution is 2.14. The first-order chi connectivity index (χ1) is 14.0. The first-order valence-corrected chi connectivity index (χ1v) is 9.27. The van der Waals surface area contributed by atoms with E-state index >= 15 is 0 Å². The molecule has 0 bridgehead atoms. The lowest BCUT2D eigenvalue weighted by molar-refractivity contribution is 0.0946. The first-order valence-electron chi connectivity index (χ1n) is 8.89. The van der Waals surface area contributed by atoms with E-state index in [4.69, 9.17) is 11.6 Å². The van der Waals surface area contributed by atoms with Crippen LogP contribution in [0.15, 0.2) is 43.0 Å². The van der Waals surface area contributed by atoms with Crippen LogP contribution in [0.4, 0.5) is 5.95 Å². The van der Waals surface area contributed by atoms with Crippen LogP contribution < -0.4 is 10.6 Å². The number of aliphatic hydroxyl groups is 2. The van der Waals surface area contributed by atoms with Crippen molar-refractivity contribution in [2.75, 3.05) is 18.5 Å². The van der Waals surface area contributed by atoms with E-state index in [9.17, 15) is 15.0 Å². The maximum absolute atomic E-state index is 12.4. The van der Waals surface area contributed by atoms with E-state index in [1.165, 1.54) is 6.33 Å². The van der Waals surface area contributed by atoms with Crippen molar-refractivity contribution in [3.05, 3.63) is 64.8 Å². The van der Waals surface area contributed by atoms with Gasteiger partial charge in [0.15, 0.2) is 0 Å². The molecule has 4 N–H and O–H groups in total. The molecule has 0 atom stereocenters. The minimum absolute atomic E-state index is 0.239. The molecular formula is C19H21ClN6O3. The molecule has 10 heteroatoms. The SMILES string of the molecule is Cc1cnc(NC(CO)CO)nc1-n1cnc(C(=O)NCc2cccc(Cl)c2)c1. The predicted octanol–water partition coefficient (Wildman–Crippen LogP) is 1.32. The lowest BCUT2D eigenvalue weighted by atomic mass is 10.2. The van der Waals surface area contributed by atoms with Crippen molar-refractivity contribution in [1.29, 1.82) is 0 Å². The summed E-state index contributed by atoms with van der Waals surface area (Å²) in [7, 11) is 0. The lowest BCUT2D eigenvalue weighted by Crippen LogP contribution is -2.28. The molecule has 152 valence electrons. The van der Waals surface area contributed by atoms with Gasteiger partial charge in [-0.3, -0.25) is 9.36 Å². The second kappa shape index (κ2) is 9.46. The number of aliphatic hydroxyl groups excluding tert-OH is 2. The summed E-state index contributed by atoms with van der Waals surface area (Å²) in [4.78, 5) is 25.1. The van der Waals surface area contributed by atoms with Crippen LogP contribution in [0.2, 0.25) is 5.02 Å². The third-order valence-electron chi connectivity index (χ3n) is 4.12. The van der Waals surface area contributed by atoms with Crippen molar-refractivity contribution in [3.8, 4) is 5.82 Å². The minimum atomic E-state index is -0.568. The third kappa shape index (κ3) is 5.29. The molecule has 0 spiro atoms. The molecule has 1 amide bonds. The van der Waals surface area contributed by atoms with Crippen molar-refractivity contribution >= 4 is 23.5 Å². The largest absolute Gasteiger partial charge is 0.394 e. The zero-order valence-electron chi connectivity index (χ0n) is 15.7. The molecule has 0 radical (unpaired) electrons. The number of imidazole rings is 1. The number of hydrogen-bond acceptors (Lipinski definition) is 7. The van der Waals surface area contributed by atoms with Gasteiger partial charge in [0.25, 0.3) is 5.91 Å². The van der Waals surface area contributed by atoms with Crippen LogP contribution in [0.1, 0.15) is 21.6 Å². The molecule has 0 fully saturated rings. The second-order valence-corrected chi connectivity index (χ2v) is 6.82. The van der Waals surface area contributed by atoms with Gasteiger partial charge in [-0.15, -0.1) is 0 Å². The Labute approximate surface area is 172 Å². The molecule has 0 aliphatic carbocycles. The Balaban J connectivity index is 1.72. The van der Waals surface area contributed by atoms with Crippen LogP contribution in [-0.2, 0) is 6.54 Å². The number of carbonyl (C=O) groups excluding carboxylic acids is 1. The van der Waals surface area contributed by atoms with Crippen LogP contribution in [0.5, 0.6) is 0 Å². The van der Waals surface area contributed by atoms with Gasteiger partial charge in [-0.1, -0.05) is 23.7 Å². The Bertz CT molecular complexity index is 990. The Hall–Kier alpha value is -3.01. The van der Waals surface area contributed by atoms with Gasteiger partial charge in [-0.25, -0.2) is 9.97 Å². The zero-order valence-corrected chi connectivity index (χ0v) is 16.5. The zero-order chi connectivity index (χ0) is 20.8. The fourth-order valence-electron chi connectivity index (χ4n) is 2.57. The molecule has 0 aliphatic rings. The number of aryl methyl sites for hydroxylation is 1. The molecule has 3 aromatic rings. The molecule has 3 rings (SSSR count). The number of halogens is 1. The van der Waals surface area contributed by atoms with Gasteiger partial charge in [0.1, 0.15) is 17.8 Å². The fourth-order valence-corrected chi connectivity index (χ4v) is 2.78. The number of carbonyl (C=O) groups is 1. The number of amides is 1. The van der Waals surface area contributed by atoms with E-state index in [2.05, 4.69) is 25.6 Å². The summed E-state index contributed by atoms with van der Waals surface area (Å²) in [5.74, 6) is 0.451. The van der Waals surface area contributed by atoms with Crippen molar-refractivity contribution < 1.29 is 15.0 Å². The number of rotatable bonds is 8. The molecule has 29 heavy (non-hydrogen) atoms. The molecular weight excluding hydrogens is 396 g/mol. The smallest absolute Gasteiger partial charge is 0.271 e. The van der Waals surface area contributed by atoms with Crippen molar-refractivity contribution in [2.45, 2.75) is 19.5 Å². The summed E-state index contributed by atoms with van der Waals surface area (Å²) < 4.78 is 1.61. The predicted molar refractivity (Wildman–Crippen MR) is 108 cm³/mol. The van der Waals surface area contributed by atoms with Crippen LogP contribution >= 0.6 is 11.6 Å². The van der Waals surface area contributed by atoms with Gasteiger partial charge in [0.05, 0.1) is 19.3 Å². The maximum atomic E-state index is 12.4. The van der Waals surface area contributed by atoms with E-state index in [0.717, 1.165) is 11.1 Å². The molecule has 9 nitrogen and oxygen atoms in total. The van der Waals surface area contributed by atoms with Crippen molar-refractivity contribution in [3.63, 3.8) is 0 Å². The van der Waals surface area contributed by atoms with Crippen LogP contribution in [-0.4, -0.2) is 54.9 Å². The summed E-state index contributed by atoms with van der Waals surface area (Å²) in [6, 6.07) is 6.67. The van der Waals surface area contributed by atoms with Gasteiger partial charge in [0, 0.05) is 29.5 Å². The Kier molecular flexibility index (Phi) is 6.76. The topological polar surface area (TPSA) is 125 Å². The normalized spacial score (nSPS) is 10.9. The van der Waals surface area contributed by atoms with E-state index < -0.39 is 6.04 Å². The fraction of sp³-hybridized carbons (Fsp3) is 0.263. The highest BCUT2D eigenvalue weighted by molar-refractivity contribution is 6.30. The van der Waals surface area contributed by atoms with Crippen molar-refractivity contribution in [2.24, 2.45) is 0 Å². The second-order valence-electron chi connectivity index (χ2n) is 6.39. The Morgan fingerprint density at radius 1 is 1.28 bits per heavy atom. The van der Waals surface area contributed by atoms with Crippen LogP contribution in [0, 0.1) is 6.92 Å². The highest BCUT2D eigenvalue weighted by atomic mass is 35.5. The quantitative estimate of drug-likeness (QED) is 0.436. The van der Waals surface area contributed by atoms with E-state index in [1.54, 1.807) is 29.1 Å². The summed E-state index contributed by atoms with van der Waals surface area (Å²) >= 11 is 5.95. The number of benzene rings is 1. The molecule has 0 unspecified atom stereocenters. The molecule has 0 aliphatic heterocycles. The number of anilines is 1. The number of nitrogens with one attached hydrogen (secondary N) is 2. The summed E-state index contributed by atoms with van der Waals surface area (Å²) in [6.45, 7) is 1.64. The average molecular weight is 417 g/mol. The highest BCUT2D eigenvalue weighted by Gasteiger charge is 2.14. The van der Waals surface area contributed by atoms with Gasteiger partial charge >= 0.3 is 0 Å². The summed E-state index contributed by atoms with van der Waals surface area (Å²) in [5, 5.41) is 24.6. The number of aromatic nitrogens is 4. The molecule has 2 heterocycles. The van der Waals surface area contributed by atoms with Crippen molar-refractivity contribution in [1.82, 2.24) is 24.8 Å². The molecule has 0 saturated heterocycles. The monoisotopic (exact) mass is 416 g/mol. The molecule has 0 saturated carbocycles. The van der Waals surface area contributed by atoms with Gasteiger partial charge in [-0.2, -0.15) is 4.98 Å². The van der Waals surface area contributed by atoms with E-state index in [0.29, 0.717) is 17.4 Å². The maximum Gasteiger partial charge on any atom is 0.271 e. The van der Waals surface area contributed by atoms with E-state index in [-0.39, 0.29) is 30.8 Å². The minimum Gasteiger partial charge on any atom is -0.394 e. The summed E-state index contributed by atoms with van der Waals surface area (Å²) in [5.41, 5.74) is 1.89. The summed E-state index contributed by atoms with van der Waals surface area (Å²) in [6.07, 6.45) is 4.67. The standard InChI is InChI=1S/C19H21ClN6O3/c1-12-6-22-19(24-15(9-27)10-28)25-17(12)26-8-16(23-11-26)18(29)21-7-13-3-2-4-14(20)5-13/h2-6,8,11,15,27-28H,7,9-10H2,1H3,(H,21,29)(H,22,24,25). The van der Waals surface area contributed by atoms with Gasteiger partial charge < -0.3 is 20.8 Å². The van der Waals surface area contributed by atoms with Gasteiger partial charge in [0.2, 0.25) is 5.95 Å². The molecule has 2 aromatic heterocycles. The first kappa shape index (κ1) is 20.7. The van der Waals surface area contributed by atoms with Crippen LogP contribution in [0.25, 0.3) is 5.82 Å². The number of hydrogen-bond donors (Lipinski definition) is 4. The van der Waals surface area contributed by atoms with Gasteiger partial charge in [-0.05, 0) is 24.6 Å². The molecule has 1 aromatic carbocycles. The lowest BCUT2D eigenvalue weighted by Gasteiger charge is -2.14. The number of nitrogens with zero attached hydrogens (tertiary/aromatic N) is 4.